The van der Waals surface area contributed by atoms with Gasteiger partial charge in [-0.25, -0.2) is 4.98 Å². The third kappa shape index (κ3) is 4.92. The molecule has 1 aromatic rings. The van der Waals surface area contributed by atoms with Crippen LogP contribution in [-0.4, -0.2) is 28.9 Å². The molecule has 0 N–H and O–H groups in total. The van der Waals surface area contributed by atoms with Gasteiger partial charge >= 0.3 is 6.18 Å². The maximum Gasteiger partial charge on any atom is 0.411 e. The second-order valence-corrected chi connectivity index (χ2v) is 3.13. The quantitative estimate of drug-likeness (QED) is 0.722. The number of hydrogen-bond donors (Lipinski definition) is 0. The van der Waals surface area contributed by atoms with Crippen molar-refractivity contribution in [1.82, 2.24) is 9.55 Å². The van der Waals surface area contributed by atoms with E-state index in [0.29, 0.717) is 13.0 Å². The van der Waals surface area contributed by atoms with Crippen molar-refractivity contribution in [3.63, 3.8) is 0 Å². The molecule has 0 unspecified atom stereocenters. The molecule has 16 heavy (non-hydrogen) atoms. The van der Waals surface area contributed by atoms with Gasteiger partial charge in [0.2, 0.25) is 0 Å². The summed E-state index contributed by atoms with van der Waals surface area (Å²) in [4.78, 5) is 14.9. The molecule has 0 fully saturated rings. The van der Waals surface area contributed by atoms with E-state index < -0.39 is 12.8 Å². The molecule has 0 aromatic carbocycles. The van der Waals surface area contributed by atoms with Crippen molar-refractivity contribution in [2.45, 2.75) is 19.1 Å². The van der Waals surface area contributed by atoms with Crippen LogP contribution in [0, 0.1) is 0 Å². The summed E-state index contributed by atoms with van der Waals surface area (Å²) >= 11 is 0. The molecule has 0 radical (unpaired) electrons. The van der Waals surface area contributed by atoms with Crippen LogP contribution in [0.25, 0.3) is 0 Å². The molecule has 1 rings (SSSR count). The average Bonchev–Trinajstić information content (AvgIpc) is 2.18. The average molecular weight is 236 g/mol. The molecule has 90 valence electrons. The van der Waals surface area contributed by atoms with E-state index in [0.717, 1.165) is 0 Å². The van der Waals surface area contributed by atoms with E-state index in [1.54, 1.807) is 0 Å². The number of alkyl halides is 3. The molecule has 0 atom stereocenters. The van der Waals surface area contributed by atoms with E-state index in [1.165, 1.54) is 23.2 Å². The van der Waals surface area contributed by atoms with Gasteiger partial charge in [0.15, 0.2) is 0 Å². The van der Waals surface area contributed by atoms with E-state index in [1.807, 2.05) is 0 Å². The molecule has 4 nitrogen and oxygen atoms in total. The molecule has 0 spiro atoms. The monoisotopic (exact) mass is 236 g/mol. The molecule has 0 aliphatic rings. The molecule has 0 aliphatic carbocycles. The van der Waals surface area contributed by atoms with Gasteiger partial charge in [-0.1, -0.05) is 0 Å². The number of rotatable bonds is 5. The minimum atomic E-state index is -4.30. The van der Waals surface area contributed by atoms with Gasteiger partial charge in [-0.05, 0) is 6.42 Å². The Labute approximate surface area is 89.7 Å². The second-order valence-electron chi connectivity index (χ2n) is 3.13. The summed E-state index contributed by atoms with van der Waals surface area (Å²) in [6.45, 7) is -1.000. The molecule has 0 bridgehead atoms. The normalized spacial score (nSPS) is 11.7. The summed E-state index contributed by atoms with van der Waals surface area (Å²) < 4.78 is 40.8. The van der Waals surface area contributed by atoms with Crippen LogP contribution in [0.5, 0.6) is 0 Å². The summed E-state index contributed by atoms with van der Waals surface area (Å²) in [5, 5.41) is 0. The summed E-state index contributed by atoms with van der Waals surface area (Å²) in [6.07, 6.45) is -1.27. The zero-order valence-electron chi connectivity index (χ0n) is 8.41. The third-order valence-electron chi connectivity index (χ3n) is 1.75. The highest BCUT2D eigenvalue weighted by Crippen LogP contribution is 2.14. The van der Waals surface area contributed by atoms with Crippen molar-refractivity contribution in [3.8, 4) is 0 Å². The Bertz CT molecular complexity index is 376. The van der Waals surface area contributed by atoms with Crippen molar-refractivity contribution in [2.75, 3.05) is 13.2 Å². The number of ether oxygens (including phenoxy) is 1. The minimum Gasteiger partial charge on any atom is -0.372 e. The Hall–Kier alpha value is -1.37. The largest absolute Gasteiger partial charge is 0.411 e. The first-order valence-electron chi connectivity index (χ1n) is 4.64. The number of halogens is 3. The summed E-state index contributed by atoms with van der Waals surface area (Å²) in [5.74, 6) is 0. The van der Waals surface area contributed by atoms with Crippen molar-refractivity contribution in [2.24, 2.45) is 0 Å². The fourth-order valence-electron chi connectivity index (χ4n) is 1.07. The highest BCUT2D eigenvalue weighted by Gasteiger charge is 2.27. The van der Waals surface area contributed by atoms with E-state index in [-0.39, 0.29) is 12.2 Å². The van der Waals surface area contributed by atoms with Gasteiger partial charge in [0, 0.05) is 25.4 Å². The Morgan fingerprint density at radius 2 is 2.19 bits per heavy atom. The molecular formula is C9H11F3N2O2. The lowest BCUT2D eigenvalue weighted by molar-refractivity contribution is -0.174. The van der Waals surface area contributed by atoms with Crippen molar-refractivity contribution in [1.29, 1.82) is 0 Å². The van der Waals surface area contributed by atoms with E-state index in [2.05, 4.69) is 9.72 Å². The van der Waals surface area contributed by atoms with Crippen molar-refractivity contribution < 1.29 is 17.9 Å². The third-order valence-corrected chi connectivity index (χ3v) is 1.75. The summed E-state index contributed by atoms with van der Waals surface area (Å²) in [6, 6.07) is 1.29. The zero-order chi connectivity index (χ0) is 12.0. The maximum absolute atomic E-state index is 11.7. The Morgan fingerprint density at radius 1 is 1.44 bits per heavy atom. The highest BCUT2D eigenvalue weighted by molar-refractivity contribution is 4.81. The SMILES string of the molecule is O=c1ccncn1CCCOCC(F)(F)F. The van der Waals surface area contributed by atoms with E-state index in [4.69, 9.17) is 0 Å². The molecule has 0 saturated heterocycles. The van der Waals surface area contributed by atoms with Gasteiger partial charge in [-0.15, -0.1) is 0 Å². The van der Waals surface area contributed by atoms with Gasteiger partial charge in [-0.3, -0.25) is 9.36 Å². The molecule has 1 heterocycles. The first kappa shape index (κ1) is 12.7. The molecular weight excluding hydrogens is 225 g/mol. The maximum atomic E-state index is 11.7. The van der Waals surface area contributed by atoms with Crippen LogP contribution < -0.4 is 5.56 Å². The zero-order valence-corrected chi connectivity index (χ0v) is 8.41. The summed E-state index contributed by atoms with van der Waals surface area (Å²) in [5.41, 5.74) is -0.231. The van der Waals surface area contributed by atoms with Crippen LogP contribution >= 0.6 is 0 Å². The van der Waals surface area contributed by atoms with Gasteiger partial charge in [0.1, 0.15) is 6.61 Å². The van der Waals surface area contributed by atoms with Crippen LogP contribution in [0.15, 0.2) is 23.4 Å². The Balaban J connectivity index is 2.22. The van der Waals surface area contributed by atoms with Crippen LogP contribution in [0.4, 0.5) is 13.2 Å². The first-order chi connectivity index (χ1) is 7.49. The molecule has 7 heteroatoms. The lowest BCUT2D eigenvalue weighted by Crippen LogP contribution is -2.21. The van der Waals surface area contributed by atoms with Crippen molar-refractivity contribution >= 4 is 0 Å². The predicted octanol–water partition coefficient (Wildman–Crippen LogP) is 1.21. The number of nitrogens with zero attached hydrogens (tertiary/aromatic N) is 2. The standard InChI is InChI=1S/C9H11F3N2O2/c10-9(11,12)6-16-5-1-4-14-7-13-3-2-8(14)15/h2-3,7H,1,4-6H2. The van der Waals surface area contributed by atoms with Crippen LogP contribution in [0.1, 0.15) is 6.42 Å². The molecule has 0 aliphatic heterocycles. The van der Waals surface area contributed by atoms with E-state index in [9.17, 15) is 18.0 Å². The minimum absolute atomic E-state index is 0.0408. The number of hydrogen-bond acceptors (Lipinski definition) is 3. The fourth-order valence-corrected chi connectivity index (χ4v) is 1.07. The van der Waals surface area contributed by atoms with Crippen LogP contribution in [0.2, 0.25) is 0 Å². The van der Waals surface area contributed by atoms with Crippen molar-refractivity contribution in [3.05, 3.63) is 28.9 Å². The van der Waals surface area contributed by atoms with E-state index >= 15 is 0 Å². The van der Waals surface area contributed by atoms with Gasteiger partial charge in [-0.2, -0.15) is 13.2 Å². The second kappa shape index (κ2) is 5.64. The van der Waals surface area contributed by atoms with Gasteiger partial charge in [0.25, 0.3) is 5.56 Å². The van der Waals surface area contributed by atoms with Crippen LogP contribution in [-0.2, 0) is 11.3 Å². The fraction of sp³-hybridized carbons (Fsp3) is 0.556. The molecule has 1 aromatic heterocycles. The Morgan fingerprint density at radius 3 is 2.81 bits per heavy atom. The Kier molecular flexibility index (Phi) is 4.48. The first-order valence-corrected chi connectivity index (χ1v) is 4.64. The predicted molar refractivity (Wildman–Crippen MR) is 50.0 cm³/mol. The lowest BCUT2D eigenvalue weighted by Gasteiger charge is -2.07. The highest BCUT2D eigenvalue weighted by atomic mass is 19.4. The van der Waals surface area contributed by atoms with Gasteiger partial charge < -0.3 is 4.74 Å². The topological polar surface area (TPSA) is 44.1 Å². The van der Waals surface area contributed by atoms with Gasteiger partial charge in [0.05, 0.1) is 6.33 Å². The number of aromatic nitrogens is 2. The number of aryl methyl sites for hydroxylation is 1. The molecule has 0 amide bonds. The molecule has 0 saturated carbocycles. The van der Waals surface area contributed by atoms with Crippen LogP contribution in [0.3, 0.4) is 0 Å². The smallest absolute Gasteiger partial charge is 0.372 e. The lowest BCUT2D eigenvalue weighted by atomic mass is 10.4. The summed E-state index contributed by atoms with van der Waals surface area (Å²) in [7, 11) is 0.